The predicted octanol–water partition coefficient (Wildman–Crippen LogP) is 4.61. The number of alkyl halides is 6. The average Bonchev–Trinajstić information content (AvgIpc) is 2.93. The number of ether oxygens (including phenoxy) is 1. The van der Waals surface area contributed by atoms with Crippen molar-refractivity contribution in [3.63, 3.8) is 0 Å². The molecule has 1 aliphatic carbocycles. The lowest BCUT2D eigenvalue weighted by Gasteiger charge is -2.41. The topological polar surface area (TPSA) is 49.8 Å². The molecular formula is C19H21F6NO3. The molecule has 162 valence electrons. The second-order valence-electron chi connectivity index (χ2n) is 7.81. The third kappa shape index (κ3) is 4.04. The highest BCUT2D eigenvalue weighted by atomic mass is 19.4. The van der Waals surface area contributed by atoms with Crippen molar-refractivity contribution in [2.45, 2.75) is 63.1 Å². The Morgan fingerprint density at radius 3 is 2.03 bits per heavy atom. The van der Waals surface area contributed by atoms with Crippen LogP contribution in [0.1, 0.15) is 39.0 Å². The van der Waals surface area contributed by atoms with Gasteiger partial charge in [0, 0.05) is 12.2 Å². The Balaban J connectivity index is 1.68. The van der Waals surface area contributed by atoms with E-state index < -0.39 is 42.3 Å². The van der Waals surface area contributed by atoms with Gasteiger partial charge < -0.3 is 14.7 Å². The third-order valence-corrected chi connectivity index (χ3v) is 6.00. The fraction of sp³-hybridized carbons (Fsp3) is 0.632. The van der Waals surface area contributed by atoms with Crippen LogP contribution in [0.25, 0.3) is 0 Å². The van der Waals surface area contributed by atoms with Gasteiger partial charge in [-0.15, -0.1) is 0 Å². The molecule has 1 amide bonds. The number of carbonyl (C=O) groups is 1. The Morgan fingerprint density at radius 1 is 1.00 bits per heavy atom. The van der Waals surface area contributed by atoms with Crippen LogP contribution in [-0.4, -0.2) is 41.6 Å². The normalized spacial score (nSPS) is 29.4. The molecule has 1 spiro atoms. The van der Waals surface area contributed by atoms with Gasteiger partial charge in [-0.3, -0.25) is 4.79 Å². The molecule has 1 aliphatic heterocycles. The summed E-state index contributed by atoms with van der Waals surface area (Å²) < 4.78 is 81.6. The van der Waals surface area contributed by atoms with Gasteiger partial charge in [-0.2, -0.15) is 26.3 Å². The molecular weight excluding hydrogens is 404 g/mol. The first kappa shape index (κ1) is 21.7. The van der Waals surface area contributed by atoms with Crippen LogP contribution in [-0.2, 0) is 4.79 Å². The van der Waals surface area contributed by atoms with Crippen LogP contribution in [0.2, 0.25) is 0 Å². The summed E-state index contributed by atoms with van der Waals surface area (Å²) in [4.78, 5) is 14.3. The summed E-state index contributed by atoms with van der Waals surface area (Å²) in [5, 5.41) is 9.84. The van der Waals surface area contributed by atoms with E-state index in [1.165, 1.54) is 29.2 Å². The molecule has 0 aromatic heterocycles. The van der Waals surface area contributed by atoms with Crippen LogP contribution in [0.4, 0.5) is 32.0 Å². The highest BCUT2D eigenvalue weighted by molar-refractivity contribution is 6.00. The number of rotatable bonds is 3. The minimum absolute atomic E-state index is 0.00663. The van der Waals surface area contributed by atoms with Crippen LogP contribution in [0.15, 0.2) is 24.3 Å². The Morgan fingerprint density at radius 2 is 1.55 bits per heavy atom. The van der Waals surface area contributed by atoms with Crippen molar-refractivity contribution in [1.82, 2.24) is 0 Å². The molecule has 3 rings (SSSR count). The standard InChI is InChI=1S/C19H21F6NO3/c1-12(18(20,21)22)29-14-4-2-13(3-5-14)26-11-10-16(15(26)27)6-8-17(28,9-7-16)19(23,24)25/h2-5,12,28H,6-11H2,1H3/t12-,16-,17+/m0/s1. The van der Waals surface area contributed by atoms with Gasteiger partial charge in [0.2, 0.25) is 5.91 Å². The first-order valence-corrected chi connectivity index (χ1v) is 9.22. The lowest BCUT2D eigenvalue weighted by Crippen LogP contribution is -2.51. The number of benzene rings is 1. The lowest BCUT2D eigenvalue weighted by molar-refractivity contribution is -0.274. The molecule has 10 heteroatoms. The molecule has 2 fully saturated rings. The van der Waals surface area contributed by atoms with Crippen molar-refractivity contribution in [2.24, 2.45) is 5.41 Å². The second kappa shape index (κ2) is 7.07. The number of carbonyl (C=O) groups excluding carboxylic acids is 1. The van der Waals surface area contributed by atoms with Gasteiger partial charge in [0.25, 0.3) is 0 Å². The highest BCUT2D eigenvalue weighted by Gasteiger charge is 2.60. The Bertz CT molecular complexity index is 751. The molecule has 1 aromatic rings. The zero-order valence-electron chi connectivity index (χ0n) is 15.6. The summed E-state index contributed by atoms with van der Waals surface area (Å²) in [6, 6.07) is 5.53. The predicted molar refractivity (Wildman–Crippen MR) is 91.5 cm³/mol. The largest absolute Gasteiger partial charge is 0.481 e. The van der Waals surface area contributed by atoms with Gasteiger partial charge >= 0.3 is 12.4 Å². The van der Waals surface area contributed by atoms with Crippen molar-refractivity contribution in [3.05, 3.63) is 24.3 Å². The van der Waals surface area contributed by atoms with Crippen LogP contribution in [0.3, 0.4) is 0 Å². The van der Waals surface area contributed by atoms with Gasteiger partial charge in [0.15, 0.2) is 11.7 Å². The fourth-order valence-electron chi connectivity index (χ4n) is 3.93. The molecule has 0 unspecified atom stereocenters. The highest BCUT2D eigenvalue weighted by Crippen LogP contribution is 2.52. The first-order valence-electron chi connectivity index (χ1n) is 9.22. The average molecular weight is 425 g/mol. The van der Waals surface area contributed by atoms with Crippen molar-refractivity contribution in [1.29, 1.82) is 0 Å². The maximum Gasteiger partial charge on any atom is 0.425 e. The molecule has 1 aromatic carbocycles. The Hall–Kier alpha value is -1.97. The summed E-state index contributed by atoms with van der Waals surface area (Å²) in [6.07, 6.45) is -12.1. The Labute approximate surface area is 163 Å². The minimum Gasteiger partial charge on any atom is -0.481 e. The summed E-state index contributed by atoms with van der Waals surface area (Å²) in [6.45, 7) is 1.18. The summed E-state index contributed by atoms with van der Waals surface area (Å²) in [7, 11) is 0. The monoisotopic (exact) mass is 425 g/mol. The number of halogens is 6. The van der Waals surface area contributed by atoms with E-state index >= 15 is 0 Å². The number of aliphatic hydroxyl groups is 1. The first-order chi connectivity index (χ1) is 13.3. The smallest absolute Gasteiger partial charge is 0.425 e. The van der Waals surface area contributed by atoms with E-state index in [-0.39, 0.29) is 24.5 Å². The summed E-state index contributed by atoms with van der Waals surface area (Å²) in [5.74, 6) is -0.327. The van der Waals surface area contributed by atoms with E-state index in [4.69, 9.17) is 4.74 Å². The lowest BCUT2D eigenvalue weighted by atomic mass is 9.67. The molecule has 1 saturated carbocycles. The van der Waals surface area contributed by atoms with Crippen LogP contribution < -0.4 is 9.64 Å². The molecule has 4 nitrogen and oxygen atoms in total. The molecule has 1 N–H and O–H groups in total. The van der Waals surface area contributed by atoms with Crippen LogP contribution in [0.5, 0.6) is 5.75 Å². The molecule has 2 aliphatic rings. The number of amides is 1. The zero-order valence-corrected chi connectivity index (χ0v) is 15.6. The fourth-order valence-corrected chi connectivity index (χ4v) is 3.93. The van der Waals surface area contributed by atoms with E-state index in [9.17, 15) is 36.2 Å². The zero-order chi connectivity index (χ0) is 21.7. The minimum atomic E-state index is -4.74. The molecule has 1 atom stereocenters. The molecule has 0 bridgehead atoms. The van der Waals surface area contributed by atoms with Crippen molar-refractivity contribution in [3.8, 4) is 5.75 Å². The SMILES string of the molecule is C[C@H](Oc1ccc(N2CC[C@]3(CC[C@@](O)(C(F)(F)F)CC3)C2=O)cc1)C(F)(F)F. The quantitative estimate of drug-likeness (QED) is 0.720. The van der Waals surface area contributed by atoms with E-state index in [0.717, 1.165) is 6.92 Å². The summed E-state index contributed by atoms with van der Waals surface area (Å²) >= 11 is 0. The van der Waals surface area contributed by atoms with Crippen molar-refractivity contribution in [2.75, 3.05) is 11.4 Å². The molecule has 1 saturated heterocycles. The van der Waals surface area contributed by atoms with E-state index in [1.54, 1.807) is 0 Å². The van der Waals surface area contributed by atoms with Gasteiger partial charge in [0.1, 0.15) is 5.75 Å². The summed E-state index contributed by atoms with van der Waals surface area (Å²) in [5.41, 5.74) is -3.27. The molecule has 0 radical (unpaired) electrons. The second-order valence-corrected chi connectivity index (χ2v) is 7.81. The maximum absolute atomic E-state index is 13.0. The van der Waals surface area contributed by atoms with E-state index in [2.05, 4.69) is 0 Å². The van der Waals surface area contributed by atoms with Crippen molar-refractivity contribution >= 4 is 11.6 Å². The van der Waals surface area contributed by atoms with Gasteiger partial charge in [0.05, 0.1) is 5.41 Å². The number of anilines is 1. The number of nitrogens with zero attached hydrogens (tertiary/aromatic N) is 1. The van der Waals surface area contributed by atoms with Gasteiger partial charge in [-0.05, 0) is 63.3 Å². The van der Waals surface area contributed by atoms with Crippen LogP contribution in [0, 0.1) is 5.41 Å². The molecule has 1 heterocycles. The van der Waals surface area contributed by atoms with Crippen molar-refractivity contribution < 1.29 is 41.0 Å². The van der Waals surface area contributed by atoms with Gasteiger partial charge in [-0.25, -0.2) is 0 Å². The number of hydrogen-bond acceptors (Lipinski definition) is 3. The third-order valence-electron chi connectivity index (χ3n) is 6.00. The van der Waals surface area contributed by atoms with E-state index in [0.29, 0.717) is 18.7 Å². The Kier molecular flexibility index (Phi) is 5.30. The van der Waals surface area contributed by atoms with Gasteiger partial charge in [-0.1, -0.05) is 0 Å². The number of hydrogen-bond donors (Lipinski definition) is 1. The molecule has 29 heavy (non-hydrogen) atoms. The maximum atomic E-state index is 13.0. The van der Waals surface area contributed by atoms with Crippen LogP contribution >= 0.6 is 0 Å². The van der Waals surface area contributed by atoms with E-state index in [1.807, 2.05) is 0 Å².